The predicted molar refractivity (Wildman–Crippen MR) is 101 cm³/mol. The Kier molecular flexibility index (Phi) is 8.79. The van der Waals surface area contributed by atoms with Gasteiger partial charge in [-0.3, -0.25) is 4.79 Å². The third-order valence-corrected chi connectivity index (χ3v) is 4.35. The zero-order chi connectivity index (χ0) is 19.7. The molecule has 0 aliphatic heterocycles. The molecule has 0 bridgehead atoms. The Morgan fingerprint density at radius 3 is 2.08 bits per heavy atom. The summed E-state index contributed by atoms with van der Waals surface area (Å²) in [5, 5.41) is 0. The Morgan fingerprint density at radius 2 is 1.65 bits per heavy atom. The van der Waals surface area contributed by atoms with Gasteiger partial charge in [0.25, 0.3) is 0 Å². The van der Waals surface area contributed by atoms with Crippen molar-refractivity contribution in [2.45, 2.75) is 72.0 Å². The van der Waals surface area contributed by atoms with Crippen LogP contribution in [-0.4, -0.2) is 37.4 Å². The van der Waals surface area contributed by atoms with Gasteiger partial charge < -0.3 is 14.2 Å². The average Bonchev–Trinajstić information content (AvgIpc) is 2.53. The molecule has 0 amide bonds. The number of methoxy groups -OCH3 is 1. The maximum absolute atomic E-state index is 12.0. The van der Waals surface area contributed by atoms with Crippen LogP contribution in [0.15, 0.2) is 18.2 Å². The highest BCUT2D eigenvalue weighted by Gasteiger charge is 2.47. The maximum atomic E-state index is 12.0. The largest absolute Gasteiger partial charge is 0.463 e. The highest BCUT2D eigenvalue weighted by atomic mass is 16.6. The van der Waals surface area contributed by atoms with Crippen molar-refractivity contribution in [3.8, 4) is 0 Å². The summed E-state index contributed by atoms with van der Waals surface area (Å²) in [5.41, 5.74) is 2.91. The molecule has 2 unspecified atom stereocenters. The molecular formula is C21H32O5. The number of hydrogen-bond acceptors (Lipinski definition) is 5. The van der Waals surface area contributed by atoms with E-state index in [1.165, 1.54) is 23.6 Å². The molecule has 146 valence electrons. The van der Waals surface area contributed by atoms with Crippen LogP contribution >= 0.6 is 0 Å². The van der Waals surface area contributed by atoms with Gasteiger partial charge in [-0.25, -0.2) is 4.79 Å². The summed E-state index contributed by atoms with van der Waals surface area (Å²) >= 11 is 0. The second-order valence-electron chi connectivity index (χ2n) is 6.93. The van der Waals surface area contributed by atoms with E-state index in [-0.39, 0.29) is 12.7 Å². The van der Waals surface area contributed by atoms with Crippen LogP contribution in [-0.2, 0) is 23.8 Å². The topological polar surface area (TPSA) is 61.8 Å². The Hall–Kier alpha value is -1.88. The van der Waals surface area contributed by atoms with E-state index in [0.717, 1.165) is 12.8 Å². The minimum Gasteiger partial charge on any atom is -0.463 e. The van der Waals surface area contributed by atoms with Gasteiger partial charge in [0.15, 0.2) is 0 Å². The van der Waals surface area contributed by atoms with Crippen molar-refractivity contribution in [3.05, 3.63) is 34.9 Å². The molecule has 0 N–H and O–H groups in total. The molecule has 0 heterocycles. The second kappa shape index (κ2) is 10.3. The zero-order valence-corrected chi connectivity index (χ0v) is 16.9. The number of hydrogen-bond donors (Lipinski definition) is 0. The van der Waals surface area contributed by atoms with E-state index >= 15 is 0 Å². The van der Waals surface area contributed by atoms with Gasteiger partial charge in [-0.1, -0.05) is 34.9 Å². The lowest BCUT2D eigenvalue weighted by Gasteiger charge is -2.37. The maximum Gasteiger partial charge on any atom is 0.350 e. The highest BCUT2D eigenvalue weighted by Crippen LogP contribution is 2.34. The van der Waals surface area contributed by atoms with Gasteiger partial charge in [-0.2, -0.15) is 0 Å². The number of carbonyl (C=O) groups is 2. The molecule has 2 atom stereocenters. The number of carbonyl (C=O) groups excluding carboxylic acids is 2. The van der Waals surface area contributed by atoms with Gasteiger partial charge in [-0.15, -0.1) is 0 Å². The first-order chi connectivity index (χ1) is 12.2. The number of esters is 2. The Bertz CT molecular complexity index is 560. The van der Waals surface area contributed by atoms with Gasteiger partial charge in [0.2, 0.25) is 5.60 Å². The monoisotopic (exact) mass is 364 g/mol. The van der Waals surface area contributed by atoms with E-state index < -0.39 is 17.5 Å². The van der Waals surface area contributed by atoms with Crippen LogP contribution in [0, 0.1) is 20.8 Å². The van der Waals surface area contributed by atoms with Crippen molar-refractivity contribution >= 4 is 11.9 Å². The molecule has 0 saturated heterocycles. The van der Waals surface area contributed by atoms with Crippen LogP contribution in [0.1, 0.15) is 56.2 Å². The lowest BCUT2D eigenvalue weighted by molar-refractivity contribution is -0.190. The minimum absolute atomic E-state index is 0.0625. The molecule has 0 aromatic heterocycles. The van der Waals surface area contributed by atoms with Gasteiger partial charge in [0.05, 0.1) is 12.7 Å². The van der Waals surface area contributed by atoms with Crippen molar-refractivity contribution in [1.82, 2.24) is 0 Å². The second-order valence-corrected chi connectivity index (χ2v) is 6.93. The first-order valence-corrected chi connectivity index (χ1v) is 9.17. The van der Waals surface area contributed by atoms with Gasteiger partial charge in [0.1, 0.15) is 0 Å². The average molecular weight is 364 g/mol. The van der Waals surface area contributed by atoms with Crippen molar-refractivity contribution in [1.29, 1.82) is 0 Å². The third-order valence-electron chi connectivity index (χ3n) is 4.35. The minimum atomic E-state index is -1.15. The van der Waals surface area contributed by atoms with E-state index in [4.69, 9.17) is 14.2 Å². The van der Waals surface area contributed by atoms with Crippen molar-refractivity contribution in [2.75, 3.05) is 13.7 Å². The van der Waals surface area contributed by atoms with Gasteiger partial charge in [-0.05, 0) is 47.0 Å². The third kappa shape index (κ3) is 6.79. The number of rotatable bonds is 4. The predicted octanol–water partition coefficient (Wildman–Crippen LogP) is 4.05. The SMILES string of the molecule is CCOC(=O)C1(OC(C)=O)CCCC(OC)C1.Cc1cc(C)cc(C)c1. The highest BCUT2D eigenvalue weighted by molar-refractivity contribution is 5.83. The fraction of sp³-hybridized carbons (Fsp3) is 0.619. The summed E-state index contributed by atoms with van der Waals surface area (Å²) in [5.74, 6) is -0.924. The molecule has 0 spiro atoms. The molecule has 1 aliphatic rings. The van der Waals surface area contributed by atoms with Crippen LogP contribution in [0.4, 0.5) is 0 Å². The molecule has 1 aliphatic carbocycles. The fourth-order valence-corrected chi connectivity index (χ4v) is 3.45. The number of aryl methyl sites for hydroxylation is 3. The molecule has 1 saturated carbocycles. The molecule has 26 heavy (non-hydrogen) atoms. The summed E-state index contributed by atoms with van der Waals surface area (Å²) in [6, 6.07) is 6.56. The molecule has 5 nitrogen and oxygen atoms in total. The van der Waals surface area contributed by atoms with E-state index in [9.17, 15) is 9.59 Å². The van der Waals surface area contributed by atoms with E-state index in [2.05, 4.69) is 39.0 Å². The molecular weight excluding hydrogens is 332 g/mol. The lowest BCUT2D eigenvalue weighted by atomic mass is 9.82. The molecule has 2 rings (SSSR count). The molecule has 1 aromatic rings. The molecule has 5 heteroatoms. The molecule has 0 radical (unpaired) electrons. The van der Waals surface area contributed by atoms with Crippen molar-refractivity contribution in [3.63, 3.8) is 0 Å². The number of benzene rings is 1. The summed E-state index contributed by atoms with van der Waals surface area (Å²) in [4.78, 5) is 23.1. The molecule has 1 fully saturated rings. The van der Waals surface area contributed by atoms with Crippen LogP contribution in [0.3, 0.4) is 0 Å². The molecule has 1 aromatic carbocycles. The lowest BCUT2D eigenvalue weighted by Crippen LogP contribution is -2.49. The normalized spacial score (nSPS) is 22.0. The van der Waals surface area contributed by atoms with Crippen LogP contribution in [0.2, 0.25) is 0 Å². The Morgan fingerprint density at radius 1 is 1.12 bits per heavy atom. The Balaban J connectivity index is 0.000000314. The first-order valence-electron chi connectivity index (χ1n) is 9.17. The standard InChI is InChI=1S/C12H20O5.C9H12/c1-4-16-11(14)12(17-9(2)13)7-5-6-10(8-12)15-3;1-7-4-8(2)6-9(3)5-7/h10H,4-8H2,1-3H3;4-6H,1-3H3. The van der Waals surface area contributed by atoms with Gasteiger partial charge in [0, 0.05) is 20.5 Å². The van der Waals surface area contributed by atoms with Gasteiger partial charge >= 0.3 is 11.9 Å². The van der Waals surface area contributed by atoms with Crippen LogP contribution < -0.4 is 0 Å². The fourth-order valence-electron chi connectivity index (χ4n) is 3.45. The smallest absolute Gasteiger partial charge is 0.350 e. The summed E-state index contributed by atoms with van der Waals surface area (Å²) in [6.45, 7) is 9.69. The summed E-state index contributed by atoms with van der Waals surface area (Å²) in [6.07, 6.45) is 2.48. The van der Waals surface area contributed by atoms with E-state index in [0.29, 0.717) is 12.8 Å². The van der Waals surface area contributed by atoms with Crippen LogP contribution in [0.5, 0.6) is 0 Å². The summed E-state index contributed by atoms with van der Waals surface area (Å²) in [7, 11) is 1.60. The first kappa shape index (κ1) is 22.2. The Labute approximate surface area is 157 Å². The zero-order valence-electron chi connectivity index (χ0n) is 16.9. The van der Waals surface area contributed by atoms with Crippen molar-refractivity contribution < 1.29 is 23.8 Å². The van der Waals surface area contributed by atoms with E-state index in [1.54, 1.807) is 14.0 Å². The van der Waals surface area contributed by atoms with E-state index in [1.807, 2.05) is 0 Å². The number of ether oxygens (including phenoxy) is 3. The van der Waals surface area contributed by atoms with Crippen LogP contribution in [0.25, 0.3) is 0 Å². The quantitative estimate of drug-likeness (QED) is 0.754. The van der Waals surface area contributed by atoms with Crippen molar-refractivity contribution in [2.24, 2.45) is 0 Å². The summed E-state index contributed by atoms with van der Waals surface area (Å²) < 4.78 is 15.5.